The second kappa shape index (κ2) is 10.1. The van der Waals surface area contributed by atoms with Gasteiger partial charge in [0.25, 0.3) is 5.91 Å². The van der Waals surface area contributed by atoms with Crippen LogP contribution in [0.4, 0.5) is 13.2 Å². The van der Waals surface area contributed by atoms with Crippen LogP contribution in [0.5, 0.6) is 0 Å². The van der Waals surface area contributed by atoms with Crippen molar-refractivity contribution in [1.82, 2.24) is 5.32 Å². The summed E-state index contributed by atoms with van der Waals surface area (Å²) < 4.78 is 44.4. The summed E-state index contributed by atoms with van der Waals surface area (Å²) >= 11 is 0. The quantitative estimate of drug-likeness (QED) is 0.422. The molecule has 8 heteroatoms. The molecule has 0 radical (unpaired) electrons. The molecule has 5 nitrogen and oxygen atoms in total. The molecule has 0 spiro atoms. The van der Waals surface area contributed by atoms with Crippen molar-refractivity contribution in [3.05, 3.63) is 107 Å². The van der Waals surface area contributed by atoms with E-state index >= 15 is 0 Å². The van der Waals surface area contributed by atoms with Crippen molar-refractivity contribution in [1.29, 1.82) is 0 Å². The van der Waals surface area contributed by atoms with Crippen LogP contribution in [0.1, 0.15) is 37.4 Å². The van der Waals surface area contributed by atoms with Crippen LogP contribution >= 0.6 is 0 Å². The molecule has 0 aromatic heterocycles. The van der Waals surface area contributed by atoms with Crippen molar-refractivity contribution >= 4 is 17.7 Å². The number of carbonyl (C=O) groups excluding carboxylic acids is 3. The van der Waals surface area contributed by atoms with Crippen LogP contribution in [0.25, 0.3) is 0 Å². The Balaban J connectivity index is 1.78. The largest absolute Gasteiger partial charge is 0.467 e. The van der Waals surface area contributed by atoms with Gasteiger partial charge in [-0.3, -0.25) is 9.59 Å². The number of benzene rings is 3. The number of ketones is 1. The van der Waals surface area contributed by atoms with E-state index in [1.807, 2.05) is 0 Å². The molecule has 0 saturated heterocycles. The van der Waals surface area contributed by atoms with Gasteiger partial charge in [-0.2, -0.15) is 13.2 Å². The highest BCUT2D eigenvalue weighted by molar-refractivity contribution is 6.09. The Bertz CT molecular complexity index is 1140. The molecule has 0 aliphatic rings. The number of ether oxygens (including phenoxy) is 1. The minimum Gasteiger partial charge on any atom is -0.467 e. The normalized spacial score (nSPS) is 12.0. The van der Waals surface area contributed by atoms with Crippen LogP contribution in [0.15, 0.2) is 78.9 Å². The Hall–Kier alpha value is -3.94. The molecule has 0 aliphatic carbocycles. The van der Waals surface area contributed by atoms with E-state index in [9.17, 15) is 27.6 Å². The molecule has 33 heavy (non-hydrogen) atoms. The standard InChI is InChI=1S/C25H20F3NO4/c1-33-24(32)21(29-23(31)19-9-5-6-10-20(19)25(26,27)28)15-16-11-13-18(14-12-16)22(30)17-7-3-2-4-8-17/h2-14,21H,15H2,1H3,(H,29,31)/t21-/m0/s1. The molecular weight excluding hydrogens is 435 g/mol. The molecule has 3 aromatic rings. The van der Waals surface area contributed by atoms with Gasteiger partial charge in [0, 0.05) is 17.5 Å². The first-order valence-corrected chi connectivity index (χ1v) is 9.94. The summed E-state index contributed by atoms with van der Waals surface area (Å²) in [4.78, 5) is 37.3. The molecular formula is C25H20F3NO4. The molecule has 3 rings (SSSR count). The summed E-state index contributed by atoms with van der Waals surface area (Å²) in [7, 11) is 1.12. The lowest BCUT2D eigenvalue weighted by Crippen LogP contribution is -2.43. The number of esters is 1. The zero-order valence-electron chi connectivity index (χ0n) is 17.6. The van der Waals surface area contributed by atoms with Crippen LogP contribution < -0.4 is 5.32 Å². The van der Waals surface area contributed by atoms with Crippen LogP contribution in [-0.2, 0) is 22.1 Å². The Labute approximate surface area is 188 Å². The summed E-state index contributed by atoms with van der Waals surface area (Å²) in [6.07, 6.45) is -4.76. The highest BCUT2D eigenvalue weighted by atomic mass is 19.4. The number of carbonyl (C=O) groups is 3. The predicted octanol–water partition coefficient (Wildman–Crippen LogP) is 4.45. The van der Waals surface area contributed by atoms with Gasteiger partial charge in [-0.05, 0) is 17.7 Å². The Morgan fingerprint density at radius 2 is 1.42 bits per heavy atom. The topological polar surface area (TPSA) is 72.5 Å². The van der Waals surface area contributed by atoms with Crippen molar-refractivity contribution in [2.24, 2.45) is 0 Å². The molecule has 3 aromatic carbocycles. The number of methoxy groups -OCH3 is 1. The Morgan fingerprint density at radius 1 is 0.848 bits per heavy atom. The molecule has 0 heterocycles. The van der Waals surface area contributed by atoms with Crippen molar-refractivity contribution in [3.8, 4) is 0 Å². The van der Waals surface area contributed by atoms with Gasteiger partial charge in [0.15, 0.2) is 5.78 Å². The van der Waals surface area contributed by atoms with Gasteiger partial charge in [-0.15, -0.1) is 0 Å². The van der Waals surface area contributed by atoms with E-state index in [0.717, 1.165) is 19.2 Å². The SMILES string of the molecule is COC(=O)[C@H](Cc1ccc(C(=O)c2ccccc2)cc1)NC(=O)c1ccccc1C(F)(F)F. The van der Waals surface area contributed by atoms with Crippen molar-refractivity contribution in [2.45, 2.75) is 18.6 Å². The smallest absolute Gasteiger partial charge is 0.417 e. The first-order valence-electron chi connectivity index (χ1n) is 9.94. The fourth-order valence-electron chi connectivity index (χ4n) is 3.28. The third-order valence-corrected chi connectivity index (χ3v) is 4.96. The monoisotopic (exact) mass is 455 g/mol. The zero-order valence-corrected chi connectivity index (χ0v) is 17.6. The fraction of sp³-hybridized carbons (Fsp3) is 0.160. The van der Waals surface area contributed by atoms with Crippen LogP contribution in [0.2, 0.25) is 0 Å². The van der Waals surface area contributed by atoms with Gasteiger partial charge in [-0.25, -0.2) is 4.79 Å². The highest BCUT2D eigenvalue weighted by Gasteiger charge is 2.35. The molecule has 1 N–H and O–H groups in total. The average Bonchev–Trinajstić information content (AvgIpc) is 2.83. The van der Waals surface area contributed by atoms with E-state index in [0.29, 0.717) is 16.7 Å². The molecule has 0 unspecified atom stereocenters. The summed E-state index contributed by atoms with van der Waals surface area (Å²) in [6.45, 7) is 0. The molecule has 0 bridgehead atoms. The predicted molar refractivity (Wildman–Crippen MR) is 115 cm³/mol. The van der Waals surface area contributed by atoms with E-state index in [1.54, 1.807) is 54.6 Å². The van der Waals surface area contributed by atoms with Crippen LogP contribution in [0.3, 0.4) is 0 Å². The number of halogens is 3. The molecule has 0 saturated carbocycles. The maximum Gasteiger partial charge on any atom is 0.417 e. The lowest BCUT2D eigenvalue weighted by molar-refractivity contribution is -0.142. The van der Waals surface area contributed by atoms with Crippen molar-refractivity contribution in [3.63, 3.8) is 0 Å². The summed E-state index contributed by atoms with van der Waals surface area (Å²) in [5.74, 6) is -2.03. The first kappa shape index (κ1) is 23.7. The summed E-state index contributed by atoms with van der Waals surface area (Å²) in [5, 5.41) is 2.33. The summed E-state index contributed by atoms with van der Waals surface area (Å²) in [5.41, 5.74) is -0.159. The number of hydrogen-bond donors (Lipinski definition) is 1. The van der Waals surface area contributed by atoms with Gasteiger partial charge in [0.1, 0.15) is 6.04 Å². The first-order chi connectivity index (χ1) is 15.7. The van der Waals surface area contributed by atoms with Gasteiger partial charge in [-0.1, -0.05) is 66.7 Å². The fourth-order valence-corrected chi connectivity index (χ4v) is 3.28. The van der Waals surface area contributed by atoms with E-state index < -0.39 is 35.2 Å². The van der Waals surface area contributed by atoms with E-state index in [4.69, 9.17) is 4.74 Å². The van der Waals surface area contributed by atoms with Crippen molar-refractivity contribution in [2.75, 3.05) is 7.11 Å². The number of nitrogens with one attached hydrogen (secondary N) is 1. The molecule has 1 atom stereocenters. The minimum absolute atomic E-state index is 0.0353. The van der Waals surface area contributed by atoms with E-state index in [2.05, 4.69) is 5.32 Å². The second-order valence-corrected chi connectivity index (χ2v) is 7.19. The van der Waals surface area contributed by atoms with Crippen LogP contribution in [-0.4, -0.2) is 30.8 Å². The van der Waals surface area contributed by atoms with E-state index in [-0.39, 0.29) is 12.2 Å². The zero-order chi connectivity index (χ0) is 24.0. The van der Waals surface area contributed by atoms with Gasteiger partial charge >= 0.3 is 12.1 Å². The van der Waals surface area contributed by atoms with Gasteiger partial charge < -0.3 is 10.1 Å². The lowest BCUT2D eigenvalue weighted by Gasteiger charge is -2.18. The summed E-state index contributed by atoms with van der Waals surface area (Å²) in [6, 6.07) is 18.2. The third kappa shape index (κ3) is 5.85. The molecule has 1 amide bonds. The number of hydrogen-bond acceptors (Lipinski definition) is 4. The Kier molecular flexibility index (Phi) is 7.27. The molecule has 170 valence electrons. The molecule has 0 fully saturated rings. The van der Waals surface area contributed by atoms with Gasteiger partial charge in [0.2, 0.25) is 0 Å². The maximum atomic E-state index is 13.2. The van der Waals surface area contributed by atoms with E-state index in [1.165, 1.54) is 12.1 Å². The number of alkyl halides is 3. The number of rotatable bonds is 7. The second-order valence-electron chi connectivity index (χ2n) is 7.19. The maximum absolute atomic E-state index is 13.2. The minimum atomic E-state index is -4.73. The van der Waals surface area contributed by atoms with Crippen LogP contribution in [0, 0.1) is 0 Å². The lowest BCUT2D eigenvalue weighted by atomic mass is 9.99. The van der Waals surface area contributed by atoms with Gasteiger partial charge in [0.05, 0.1) is 18.2 Å². The number of amides is 1. The average molecular weight is 455 g/mol. The third-order valence-electron chi connectivity index (χ3n) is 4.96. The highest BCUT2D eigenvalue weighted by Crippen LogP contribution is 2.31. The molecule has 0 aliphatic heterocycles. The Morgan fingerprint density at radius 3 is 2.03 bits per heavy atom. The van der Waals surface area contributed by atoms with Crippen molar-refractivity contribution < 1.29 is 32.3 Å².